The maximum Gasteiger partial charge on any atom is 0.243 e. The molecule has 1 atom stereocenters. The van der Waals surface area contributed by atoms with Crippen molar-refractivity contribution in [2.75, 3.05) is 5.75 Å². The Morgan fingerprint density at radius 2 is 1.67 bits per heavy atom. The smallest absolute Gasteiger partial charge is 0.243 e. The van der Waals surface area contributed by atoms with Crippen molar-refractivity contribution in [2.24, 2.45) is 0 Å². The zero-order valence-corrected chi connectivity index (χ0v) is 19.4. The van der Waals surface area contributed by atoms with Crippen LogP contribution in [0.5, 0.6) is 0 Å². The van der Waals surface area contributed by atoms with Gasteiger partial charge in [0.1, 0.15) is 6.04 Å². The Kier molecular flexibility index (Phi) is 9.95. The minimum atomic E-state index is -0.458. The lowest BCUT2D eigenvalue weighted by Gasteiger charge is -2.31. The van der Waals surface area contributed by atoms with E-state index >= 15 is 0 Å². The van der Waals surface area contributed by atoms with E-state index in [4.69, 9.17) is 0 Å². The number of amides is 2. The van der Waals surface area contributed by atoms with E-state index in [1.54, 1.807) is 16.7 Å². The van der Waals surface area contributed by atoms with Crippen molar-refractivity contribution < 1.29 is 9.59 Å². The molecular formula is C25H34N2O2S. The molecule has 162 valence electrons. The number of aryl methyl sites for hydroxylation is 1. The summed E-state index contributed by atoms with van der Waals surface area (Å²) >= 11 is 1.75. The number of nitrogens with one attached hydrogen (secondary N) is 1. The van der Waals surface area contributed by atoms with Gasteiger partial charge in [-0.2, -0.15) is 11.8 Å². The van der Waals surface area contributed by atoms with Gasteiger partial charge in [-0.25, -0.2) is 0 Å². The molecule has 0 saturated carbocycles. The fourth-order valence-electron chi connectivity index (χ4n) is 3.26. The Hall–Kier alpha value is -2.27. The van der Waals surface area contributed by atoms with Gasteiger partial charge in [0.05, 0.1) is 0 Å². The Morgan fingerprint density at radius 3 is 2.27 bits per heavy atom. The molecule has 0 spiro atoms. The quantitative estimate of drug-likeness (QED) is 0.517. The second-order valence-electron chi connectivity index (χ2n) is 7.88. The first-order chi connectivity index (χ1) is 14.4. The molecule has 5 heteroatoms. The molecule has 0 saturated heterocycles. The molecule has 30 heavy (non-hydrogen) atoms. The molecule has 0 unspecified atom stereocenters. The standard InChI is InChI=1S/C25H34N2O2S/c1-5-23(25(29)26-19(2)3)27(17-21-13-11-20(4)12-14-21)24(28)15-16-30-18-22-9-7-6-8-10-22/h6-14,19,23H,5,15-18H2,1-4H3,(H,26,29)/t23-/m0/s1. The molecule has 0 aromatic heterocycles. The van der Waals surface area contributed by atoms with E-state index in [9.17, 15) is 9.59 Å². The molecule has 2 aromatic carbocycles. The first-order valence-electron chi connectivity index (χ1n) is 10.7. The number of benzene rings is 2. The van der Waals surface area contributed by atoms with Gasteiger partial charge in [-0.05, 0) is 38.3 Å². The third-order valence-electron chi connectivity index (χ3n) is 4.86. The van der Waals surface area contributed by atoms with Crippen LogP contribution in [0.4, 0.5) is 0 Å². The van der Waals surface area contributed by atoms with Crippen molar-refractivity contribution in [3.8, 4) is 0 Å². The van der Waals surface area contributed by atoms with Gasteiger partial charge in [0.25, 0.3) is 0 Å². The van der Waals surface area contributed by atoms with Crippen molar-refractivity contribution in [2.45, 2.75) is 64.9 Å². The van der Waals surface area contributed by atoms with Crippen molar-refractivity contribution in [3.05, 3.63) is 71.3 Å². The molecule has 0 aliphatic rings. The van der Waals surface area contributed by atoms with Crippen LogP contribution in [-0.4, -0.2) is 34.6 Å². The minimum Gasteiger partial charge on any atom is -0.352 e. The predicted octanol–water partition coefficient (Wildman–Crippen LogP) is 4.95. The molecule has 0 fully saturated rings. The maximum atomic E-state index is 13.1. The number of thioether (sulfide) groups is 1. The van der Waals surface area contributed by atoms with E-state index in [0.29, 0.717) is 19.4 Å². The van der Waals surface area contributed by atoms with Gasteiger partial charge in [0.15, 0.2) is 0 Å². The van der Waals surface area contributed by atoms with E-state index < -0.39 is 6.04 Å². The van der Waals surface area contributed by atoms with Crippen LogP contribution >= 0.6 is 11.8 Å². The number of nitrogens with zero attached hydrogens (tertiary/aromatic N) is 1. The molecular weight excluding hydrogens is 392 g/mol. The average Bonchev–Trinajstić information content (AvgIpc) is 2.72. The SMILES string of the molecule is CC[C@@H](C(=O)NC(C)C)N(Cc1ccc(C)cc1)C(=O)CCSCc1ccccc1. The average molecular weight is 427 g/mol. The summed E-state index contributed by atoms with van der Waals surface area (Å²) in [7, 11) is 0. The Bertz CT molecular complexity index is 791. The van der Waals surface area contributed by atoms with Gasteiger partial charge < -0.3 is 10.2 Å². The van der Waals surface area contributed by atoms with Crippen molar-refractivity contribution in [1.82, 2.24) is 10.2 Å². The van der Waals surface area contributed by atoms with E-state index in [-0.39, 0.29) is 17.9 Å². The van der Waals surface area contributed by atoms with Crippen molar-refractivity contribution >= 4 is 23.6 Å². The van der Waals surface area contributed by atoms with Gasteiger partial charge in [-0.15, -0.1) is 0 Å². The van der Waals surface area contributed by atoms with Crippen LogP contribution in [0.25, 0.3) is 0 Å². The molecule has 0 heterocycles. The Labute approximate surface area is 185 Å². The van der Waals surface area contributed by atoms with Crippen molar-refractivity contribution in [3.63, 3.8) is 0 Å². The summed E-state index contributed by atoms with van der Waals surface area (Å²) in [4.78, 5) is 27.7. The zero-order chi connectivity index (χ0) is 21.9. The monoisotopic (exact) mass is 426 g/mol. The third-order valence-corrected chi connectivity index (χ3v) is 5.89. The molecule has 2 amide bonds. The van der Waals surface area contributed by atoms with Crippen LogP contribution in [0.1, 0.15) is 50.3 Å². The Morgan fingerprint density at radius 1 is 1.00 bits per heavy atom. The lowest BCUT2D eigenvalue weighted by molar-refractivity contribution is -0.141. The molecule has 2 rings (SSSR count). The van der Waals surface area contributed by atoms with Crippen LogP contribution < -0.4 is 5.32 Å². The summed E-state index contributed by atoms with van der Waals surface area (Å²) in [5.41, 5.74) is 3.48. The minimum absolute atomic E-state index is 0.0295. The molecule has 0 radical (unpaired) electrons. The van der Waals surface area contributed by atoms with E-state index in [1.807, 2.05) is 70.2 Å². The highest BCUT2D eigenvalue weighted by Gasteiger charge is 2.28. The third kappa shape index (κ3) is 7.86. The lowest BCUT2D eigenvalue weighted by atomic mass is 10.1. The summed E-state index contributed by atoms with van der Waals surface area (Å²) in [6.45, 7) is 8.34. The van der Waals surface area contributed by atoms with Crippen molar-refractivity contribution in [1.29, 1.82) is 0 Å². The van der Waals surface area contributed by atoms with Gasteiger partial charge in [-0.3, -0.25) is 9.59 Å². The van der Waals surface area contributed by atoms with Crippen LogP contribution in [0.15, 0.2) is 54.6 Å². The first kappa shape index (κ1) is 24.0. The van der Waals surface area contributed by atoms with Gasteiger partial charge in [0, 0.05) is 30.5 Å². The summed E-state index contributed by atoms with van der Waals surface area (Å²) in [6, 6.07) is 18.0. The molecule has 0 aliphatic carbocycles. The fraction of sp³-hybridized carbons (Fsp3) is 0.440. The summed E-state index contributed by atoms with van der Waals surface area (Å²) in [5, 5.41) is 2.97. The number of rotatable bonds is 11. The summed E-state index contributed by atoms with van der Waals surface area (Å²) in [6.07, 6.45) is 1.02. The number of hydrogen-bond acceptors (Lipinski definition) is 3. The first-order valence-corrected chi connectivity index (χ1v) is 11.8. The molecule has 1 N–H and O–H groups in total. The second-order valence-corrected chi connectivity index (χ2v) is 8.99. The predicted molar refractivity (Wildman–Crippen MR) is 126 cm³/mol. The highest BCUT2D eigenvalue weighted by molar-refractivity contribution is 7.98. The summed E-state index contributed by atoms with van der Waals surface area (Å²) in [5.74, 6) is 1.57. The van der Waals surface area contributed by atoms with Gasteiger partial charge in [-0.1, -0.05) is 67.1 Å². The topological polar surface area (TPSA) is 49.4 Å². The van der Waals surface area contributed by atoms with E-state index in [1.165, 1.54) is 11.1 Å². The Balaban J connectivity index is 2.05. The number of hydrogen-bond donors (Lipinski definition) is 1. The second kappa shape index (κ2) is 12.4. The van der Waals surface area contributed by atoms with Gasteiger partial charge >= 0.3 is 0 Å². The van der Waals surface area contributed by atoms with Crippen LogP contribution in [0.3, 0.4) is 0 Å². The van der Waals surface area contributed by atoms with E-state index in [2.05, 4.69) is 17.4 Å². The largest absolute Gasteiger partial charge is 0.352 e. The molecule has 4 nitrogen and oxygen atoms in total. The van der Waals surface area contributed by atoms with Crippen LogP contribution in [-0.2, 0) is 21.9 Å². The molecule has 0 bridgehead atoms. The number of carbonyl (C=O) groups is 2. The summed E-state index contributed by atoms with van der Waals surface area (Å²) < 4.78 is 0. The van der Waals surface area contributed by atoms with Crippen LogP contribution in [0.2, 0.25) is 0 Å². The molecule has 0 aliphatic heterocycles. The van der Waals surface area contributed by atoms with Crippen LogP contribution in [0, 0.1) is 6.92 Å². The molecule has 2 aromatic rings. The maximum absolute atomic E-state index is 13.1. The number of carbonyl (C=O) groups excluding carboxylic acids is 2. The lowest BCUT2D eigenvalue weighted by Crippen LogP contribution is -2.50. The normalized spacial score (nSPS) is 11.9. The highest BCUT2D eigenvalue weighted by atomic mass is 32.2. The van der Waals surface area contributed by atoms with Gasteiger partial charge in [0.2, 0.25) is 11.8 Å². The fourth-order valence-corrected chi connectivity index (χ4v) is 4.15. The zero-order valence-electron chi connectivity index (χ0n) is 18.6. The van der Waals surface area contributed by atoms with E-state index in [0.717, 1.165) is 17.1 Å². The highest BCUT2D eigenvalue weighted by Crippen LogP contribution is 2.17.